The zero-order chi connectivity index (χ0) is 13.0. The van der Waals surface area contributed by atoms with Crippen LogP contribution in [0.4, 0.5) is 5.69 Å². The highest BCUT2D eigenvalue weighted by Gasteiger charge is 2.07. The molecule has 1 aromatic carbocycles. The van der Waals surface area contributed by atoms with Crippen molar-refractivity contribution in [3.8, 4) is 0 Å². The summed E-state index contributed by atoms with van der Waals surface area (Å²) in [5.74, 6) is 1.05. The molecule has 1 heterocycles. The van der Waals surface area contributed by atoms with Crippen molar-refractivity contribution < 1.29 is 4.42 Å². The maximum Gasteiger partial charge on any atom is 0.103 e. The molecule has 0 bridgehead atoms. The third kappa shape index (κ3) is 4.02. The molecule has 0 saturated heterocycles. The number of rotatable bonds is 5. The molecule has 1 atom stereocenters. The molecule has 1 unspecified atom stereocenters. The van der Waals surface area contributed by atoms with Gasteiger partial charge in [0.25, 0.3) is 0 Å². The molecule has 96 valence electrons. The first kappa shape index (κ1) is 13.9. The van der Waals surface area contributed by atoms with Gasteiger partial charge in [-0.3, -0.25) is 0 Å². The number of hydrogen-bond donors (Lipinski definition) is 1. The van der Waals surface area contributed by atoms with Crippen molar-refractivity contribution in [2.24, 2.45) is 0 Å². The maximum absolute atomic E-state index is 5.34. The third-order valence-corrected chi connectivity index (χ3v) is 4.10. The fourth-order valence-corrected chi connectivity index (χ4v) is 2.61. The second-order valence-electron chi connectivity index (χ2n) is 4.29. The highest BCUT2D eigenvalue weighted by molar-refractivity contribution is 14.1. The van der Waals surface area contributed by atoms with E-state index < -0.39 is 0 Å². The summed E-state index contributed by atoms with van der Waals surface area (Å²) in [4.78, 5) is 0. The summed E-state index contributed by atoms with van der Waals surface area (Å²) in [5, 5.41) is 3.52. The lowest BCUT2D eigenvalue weighted by molar-refractivity contribution is 0.495. The second kappa shape index (κ2) is 6.61. The number of aryl methyl sites for hydroxylation is 1. The van der Waals surface area contributed by atoms with Crippen LogP contribution in [-0.4, -0.2) is 6.04 Å². The number of anilines is 1. The van der Waals surface area contributed by atoms with Gasteiger partial charge < -0.3 is 9.73 Å². The van der Waals surface area contributed by atoms with Gasteiger partial charge in [-0.2, -0.15) is 0 Å². The van der Waals surface area contributed by atoms with Crippen molar-refractivity contribution in [2.45, 2.75) is 25.8 Å². The molecule has 18 heavy (non-hydrogen) atoms. The first-order valence-electron chi connectivity index (χ1n) is 5.89. The van der Waals surface area contributed by atoms with Gasteiger partial charge in [0, 0.05) is 26.2 Å². The fourth-order valence-electron chi connectivity index (χ4n) is 1.76. The smallest absolute Gasteiger partial charge is 0.103 e. The van der Waals surface area contributed by atoms with Gasteiger partial charge >= 0.3 is 0 Å². The third-order valence-electron chi connectivity index (χ3n) is 2.73. The maximum atomic E-state index is 5.34. The van der Waals surface area contributed by atoms with Crippen molar-refractivity contribution in [3.63, 3.8) is 0 Å². The monoisotopic (exact) mass is 419 g/mol. The van der Waals surface area contributed by atoms with Crippen LogP contribution < -0.4 is 5.32 Å². The van der Waals surface area contributed by atoms with E-state index in [0.717, 1.165) is 28.8 Å². The van der Waals surface area contributed by atoms with Gasteiger partial charge in [-0.1, -0.05) is 0 Å². The molecular formula is C14H15BrINO. The Kier molecular flexibility index (Phi) is 5.12. The van der Waals surface area contributed by atoms with Crippen LogP contribution in [0, 0.1) is 3.57 Å². The standard InChI is InChI=1S/C14H15BrINO/c1-10(4-6-12-3-2-8-18-12)17-14-9-11(16)5-7-13(14)15/h2-3,5,7-10,17H,4,6H2,1H3. The first-order chi connectivity index (χ1) is 8.65. The summed E-state index contributed by atoms with van der Waals surface area (Å²) in [6, 6.07) is 10.7. The number of furan rings is 1. The summed E-state index contributed by atoms with van der Waals surface area (Å²) in [6.45, 7) is 2.19. The van der Waals surface area contributed by atoms with E-state index in [1.165, 1.54) is 3.57 Å². The predicted molar refractivity (Wildman–Crippen MR) is 87.0 cm³/mol. The quantitative estimate of drug-likeness (QED) is 0.683. The molecule has 0 aliphatic heterocycles. The second-order valence-corrected chi connectivity index (χ2v) is 6.39. The normalized spacial score (nSPS) is 12.4. The summed E-state index contributed by atoms with van der Waals surface area (Å²) in [6.07, 6.45) is 3.73. The lowest BCUT2D eigenvalue weighted by Crippen LogP contribution is -2.16. The lowest BCUT2D eigenvalue weighted by atomic mass is 10.1. The van der Waals surface area contributed by atoms with E-state index in [-0.39, 0.29) is 0 Å². The Bertz CT molecular complexity index is 499. The Hall–Kier alpha value is -0.490. The minimum atomic E-state index is 0.407. The molecule has 1 aromatic heterocycles. The average molecular weight is 420 g/mol. The van der Waals surface area contributed by atoms with Crippen molar-refractivity contribution in [2.75, 3.05) is 5.32 Å². The molecule has 0 radical (unpaired) electrons. The van der Waals surface area contributed by atoms with Gasteiger partial charge in [0.15, 0.2) is 0 Å². The van der Waals surface area contributed by atoms with Crippen LogP contribution in [0.25, 0.3) is 0 Å². The SMILES string of the molecule is CC(CCc1ccco1)Nc1cc(I)ccc1Br. The van der Waals surface area contributed by atoms with Crippen LogP contribution in [0.5, 0.6) is 0 Å². The summed E-state index contributed by atoms with van der Waals surface area (Å²) < 4.78 is 7.68. The van der Waals surface area contributed by atoms with Crippen molar-refractivity contribution in [3.05, 3.63) is 50.4 Å². The molecule has 0 saturated carbocycles. The largest absolute Gasteiger partial charge is 0.469 e. The minimum Gasteiger partial charge on any atom is -0.469 e. The molecule has 0 aliphatic rings. The van der Waals surface area contributed by atoms with E-state index in [1.54, 1.807) is 6.26 Å². The Morgan fingerprint density at radius 1 is 1.39 bits per heavy atom. The summed E-state index contributed by atoms with van der Waals surface area (Å²) in [7, 11) is 0. The molecule has 0 fully saturated rings. The fraction of sp³-hybridized carbons (Fsp3) is 0.286. The molecule has 0 aliphatic carbocycles. The molecule has 2 rings (SSSR count). The van der Waals surface area contributed by atoms with Crippen LogP contribution in [0.3, 0.4) is 0 Å². The zero-order valence-corrected chi connectivity index (χ0v) is 13.9. The highest BCUT2D eigenvalue weighted by Crippen LogP contribution is 2.25. The van der Waals surface area contributed by atoms with E-state index >= 15 is 0 Å². The summed E-state index contributed by atoms with van der Waals surface area (Å²) in [5.41, 5.74) is 1.15. The van der Waals surface area contributed by atoms with E-state index in [9.17, 15) is 0 Å². The van der Waals surface area contributed by atoms with E-state index in [1.807, 2.05) is 12.1 Å². The highest BCUT2D eigenvalue weighted by atomic mass is 127. The molecular weight excluding hydrogens is 405 g/mol. The predicted octanol–water partition coefficient (Wildman–Crippen LogP) is 5.08. The van der Waals surface area contributed by atoms with Gasteiger partial charge in [0.05, 0.1) is 6.26 Å². The molecule has 0 spiro atoms. The Morgan fingerprint density at radius 3 is 2.94 bits per heavy atom. The minimum absolute atomic E-state index is 0.407. The van der Waals surface area contributed by atoms with Crippen molar-refractivity contribution in [1.82, 2.24) is 0 Å². The van der Waals surface area contributed by atoms with E-state index in [2.05, 4.69) is 69.0 Å². The molecule has 1 N–H and O–H groups in total. The van der Waals surface area contributed by atoms with Gasteiger partial charge in [0.2, 0.25) is 0 Å². The number of nitrogens with one attached hydrogen (secondary N) is 1. The average Bonchev–Trinajstić information content (AvgIpc) is 2.84. The molecule has 4 heteroatoms. The van der Waals surface area contributed by atoms with Gasteiger partial charge in [0.1, 0.15) is 5.76 Å². The molecule has 2 aromatic rings. The number of benzene rings is 1. The first-order valence-corrected chi connectivity index (χ1v) is 7.76. The zero-order valence-electron chi connectivity index (χ0n) is 10.1. The Morgan fingerprint density at radius 2 is 2.22 bits per heavy atom. The summed E-state index contributed by atoms with van der Waals surface area (Å²) >= 11 is 5.89. The lowest BCUT2D eigenvalue weighted by Gasteiger charge is -2.16. The van der Waals surface area contributed by atoms with Crippen LogP contribution in [0.2, 0.25) is 0 Å². The number of halogens is 2. The van der Waals surface area contributed by atoms with Gasteiger partial charge in [-0.15, -0.1) is 0 Å². The van der Waals surface area contributed by atoms with E-state index in [0.29, 0.717) is 6.04 Å². The van der Waals surface area contributed by atoms with Crippen LogP contribution in [0.15, 0.2) is 45.5 Å². The van der Waals surface area contributed by atoms with Crippen LogP contribution in [0.1, 0.15) is 19.1 Å². The van der Waals surface area contributed by atoms with Crippen molar-refractivity contribution >= 4 is 44.2 Å². The van der Waals surface area contributed by atoms with Gasteiger partial charge in [-0.25, -0.2) is 0 Å². The topological polar surface area (TPSA) is 25.2 Å². The Balaban J connectivity index is 1.90. The van der Waals surface area contributed by atoms with Crippen LogP contribution >= 0.6 is 38.5 Å². The van der Waals surface area contributed by atoms with Gasteiger partial charge in [-0.05, 0) is 82.2 Å². The van der Waals surface area contributed by atoms with E-state index in [4.69, 9.17) is 4.42 Å². The van der Waals surface area contributed by atoms with Crippen LogP contribution in [-0.2, 0) is 6.42 Å². The van der Waals surface area contributed by atoms with Crippen molar-refractivity contribution in [1.29, 1.82) is 0 Å². The number of hydrogen-bond acceptors (Lipinski definition) is 2. The Labute approximate surface area is 129 Å². The molecule has 0 amide bonds. The molecule has 2 nitrogen and oxygen atoms in total.